The summed E-state index contributed by atoms with van der Waals surface area (Å²) in [5.41, 5.74) is 3.02. The summed E-state index contributed by atoms with van der Waals surface area (Å²) in [7, 11) is -3.61. The zero-order valence-electron chi connectivity index (χ0n) is 15.6. The summed E-state index contributed by atoms with van der Waals surface area (Å²) < 4.78 is 25.7. The molecule has 27 heavy (non-hydrogen) atoms. The third-order valence-corrected chi connectivity index (χ3v) is 5.39. The number of nitrogens with one attached hydrogen (secondary N) is 1. The van der Waals surface area contributed by atoms with E-state index in [2.05, 4.69) is 5.32 Å². The van der Waals surface area contributed by atoms with E-state index in [1.807, 2.05) is 62.4 Å². The van der Waals surface area contributed by atoms with E-state index in [4.69, 9.17) is 0 Å². The molecule has 0 aliphatic heterocycles. The van der Waals surface area contributed by atoms with E-state index in [0.29, 0.717) is 11.4 Å². The maximum Gasteiger partial charge on any atom is 0.245 e. The first-order chi connectivity index (χ1) is 12.7. The Bertz CT molecular complexity index is 1080. The van der Waals surface area contributed by atoms with E-state index < -0.39 is 15.9 Å². The molecule has 140 valence electrons. The molecule has 3 aromatic rings. The van der Waals surface area contributed by atoms with Crippen molar-refractivity contribution in [1.29, 1.82) is 0 Å². The average Bonchev–Trinajstić information content (AvgIpc) is 2.58. The number of carbonyl (C=O) groups excluding carboxylic acids is 1. The van der Waals surface area contributed by atoms with E-state index >= 15 is 0 Å². The smallest absolute Gasteiger partial charge is 0.245 e. The zero-order chi connectivity index (χ0) is 19.6. The van der Waals surface area contributed by atoms with Gasteiger partial charge in [0, 0.05) is 11.1 Å². The number of sulfonamides is 1. The van der Waals surface area contributed by atoms with Crippen molar-refractivity contribution in [2.75, 3.05) is 22.4 Å². The van der Waals surface area contributed by atoms with E-state index in [0.717, 1.165) is 32.5 Å². The number of amides is 1. The fraction of sp³-hybridized carbons (Fsp3) is 0.190. The van der Waals surface area contributed by atoms with Crippen molar-refractivity contribution in [2.24, 2.45) is 0 Å². The fourth-order valence-electron chi connectivity index (χ4n) is 3.15. The summed E-state index contributed by atoms with van der Waals surface area (Å²) in [6.45, 7) is 3.51. The van der Waals surface area contributed by atoms with Gasteiger partial charge in [-0.15, -0.1) is 0 Å². The first kappa shape index (κ1) is 18.9. The van der Waals surface area contributed by atoms with Crippen LogP contribution in [0.25, 0.3) is 10.8 Å². The molecule has 0 radical (unpaired) electrons. The van der Waals surface area contributed by atoms with Crippen molar-refractivity contribution >= 4 is 38.1 Å². The minimum atomic E-state index is -3.61. The predicted octanol–water partition coefficient (Wildman–Crippen LogP) is 3.86. The summed E-state index contributed by atoms with van der Waals surface area (Å²) in [6.07, 6.45) is 1.11. The maximum absolute atomic E-state index is 12.6. The fourth-order valence-corrected chi connectivity index (χ4v) is 3.99. The molecule has 0 saturated carbocycles. The molecular weight excluding hydrogens is 360 g/mol. The van der Waals surface area contributed by atoms with E-state index in [9.17, 15) is 13.2 Å². The van der Waals surface area contributed by atoms with Crippen molar-refractivity contribution in [3.8, 4) is 0 Å². The molecule has 0 aliphatic carbocycles. The van der Waals surface area contributed by atoms with Crippen molar-refractivity contribution < 1.29 is 13.2 Å². The summed E-state index contributed by atoms with van der Waals surface area (Å²) in [5, 5.41) is 4.75. The van der Waals surface area contributed by atoms with E-state index in [1.165, 1.54) is 0 Å². The Morgan fingerprint density at radius 2 is 1.59 bits per heavy atom. The van der Waals surface area contributed by atoms with Crippen LogP contribution in [0.15, 0.2) is 60.7 Å². The largest absolute Gasteiger partial charge is 0.324 e. The number of fused-ring (bicyclic) bond motifs is 1. The summed E-state index contributed by atoms with van der Waals surface area (Å²) in [6, 6.07) is 18.8. The number of aryl methyl sites for hydroxylation is 2. The number of anilines is 2. The van der Waals surface area contributed by atoms with Crippen LogP contribution in [0.3, 0.4) is 0 Å². The molecule has 0 saturated heterocycles. The van der Waals surface area contributed by atoms with Crippen LogP contribution in [-0.4, -0.2) is 27.1 Å². The molecular formula is C21H22N2O3S. The first-order valence-electron chi connectivity index (χ1n) is 8.58. The molecule has 0 heterocycles. The number of carbonyl (C=O) groups is 1. The first-order valence-corrected chi connectivity index (χ1v) is 10.4. The van der Waals surface area contributed by atoms with Crippen LogP contribution in [0.1, 0.15) is 11.1 Å². The molecule has 0 fully saturated rings. The Labute approximate surface area is 159 Å². The highest BCUT2D eigenvalue weighted by Gasteiger charge is 2.21. The number of hydrogen-bond donors (Lipinski definition) is 1. The van der Waals surface area contributed by atoms with Crippen LogP contribution >= 0.6 is 0 Å². The van der Waals surface area contributed by atoms with Gasteiger partial charge < -0.3 is 5.32 Å². The van der Waals surface area contributed by atoms with Crippen molar-refractivity contribution in [3.63, 3.8) is 0 Å². The third kappa shape index (κ3) is 4.46. The monoisotopic (exact) mass is 382 g/mol. The molecule has 0 aromatic heterocycles. The Morgan fingerprint density at radius 1 is 0.963 bits per heavy atom. The standard InChI is InChI=1S/C21H22N2O3S/c1-15-11-16(2)13-18(12-15)23(27(3,25)26)14-21(24)22-20-10-6-8-17-7-4-5-9-19(17)20/h4-13H,14H2,1-3H3,(H,22,24). The highest BCUT2D eigenvalue weighted by atomic mass is 32.2. The van der Waals surface area contributed by atoms with Gasteiger partial charge in [0.1, 0.15) is 6.54 Å². The third-order valence-electron chi connectivity index (χ3n) is 4.25. The van der Waals surface area contributed by atoms with Gasteiger partial charge in [-0.2, -0.15) is 0 Å². The highest BCUT2D eigenvalue weighted by Crippen LogP contribution is 2.24. The Balaban J connectivity index is 1.89. The maximum atomic E-state index is 12.6. The van der Waals surface area contributed by atoms with Gasteiger partial charge in [-0.25, -0.2) is 8.42 Å². The second-order valence-electron chi connectivity index (χ2n) is 6.69. The molecule has 0 atom stereocenters. The number of hydrogen-bond acceptors (Lipinski definition) is 3. The quantitative estimate of drug-likeness (QED) is 0.729. The Hall–Kier alpha value is -2.86. The van der Waals surface area contributed by atoms with Gasteiger partial charge in [0.25, 0.3) is 0 Å². The van der Waals surface area contributed by atoms with Crippen molar-refractivity contribution in [1.82, 2.24) is 0 Å². The lowest BCUT2D eigenvalue weighted by Gasteiger charge is -2.23. The summed E-state index contributed by atoms with van der Waals surface area (Å²) in [5.74, 6) is -0.393. The van der Waals surface area contributed by atoms with Gasteiger partial charge in [0.05, 0.1) is 11.9 Å². The lowest BCUT2D eigenvalue weighted by atomic mass is 10.1. The topological polar surface area (TPSA) is 66.5 Å². The molecule has 0 aliphatic rings. The predicted molar refractivity (Wildman–Crippen MR) is 111 cm³/mol. The van der Waals surface area contributed by atoms with Crippen LogP contribution in [0.4, 0.5) is 11.4 Å². The van der Waals surface area contributed by atoms with Gasteiger partial charge >= 0.3 is 0 Å². The van der Waals surface area contributed by atoms with Crippen LogP contribution in [0.5, 0.6) is 0 Å². The van der Waals surface area contributed by atoms with Gasteiger partial charge in [0.2, 0.25) is 15.9 Å². The Morgan fingerprint density at radius 3 is 2.26 bits per heavy atom. The molecule has 1 N–H and O–H groups in total. The SMILES string of the molecule is Cc1cc(C)cc(N(CC(=O)Nc2cccc3ccccc23)S(C)(=O)=O)c1. The molecule has 0 unspecified atom stereocenters. The normalized spacial score (nSPS) is 11.4. The molecule has 3 aromatic carbocycles. The van der Waals surface area contributed by atoms with Crippen molar-refractivity contribution in [2.45, 2.75) is 13.8 Å². The van der Waals surface area contributed by atoms with Crippen LogP contribution < -0.4 is 9.62 Å². The summed E-state index contributed by atoms with van der Waals surface area (Å²) in [4.78, 5) is 12.6. The summed E-state index contributed by atoms with van der Waals surface area (Å²) >= 11 is 0. The zero-order valence-corrected chi connectivity index (χ0v) is 16.4. The lowest BCUT2D eigenvalue weighted by Crippen LogP contribution is -2.37. The minimum Gasteiger partial charge on any atom is -0.324 e. The minimum absolute atomic E-state index is 0.287. The number of rotatable bonds is 5. The van der Waals surface area contributed by atoms with Crippen LogP contribution in [-0.2, 0) is 14.8 Å². The van der Waals surface area contributed by atoms with Gasteiger partial charge in [0.15, 0.2) is 0 Å². The van der Waals surface area contributed by atoms with Gasteiger partial charge in [-0.05, 0) is 48.6 Å². The van der Waals surface area contributed by atoms with E-state index in [1.54, 1.807) is 12.1 Å². The van der Waals surface area contributed by atoms with Crippen LogP contribution in [0, 0.1) is 13.8 Å². The second kappa shape index (κ2) is 7.40. The number of nitrogens with zero attached hydrogens (tertiary/aromatic N) is 1. The van der Waals surface area contributed by atoms with Gasteiger partial charge in [-0.3, -0.25) is 9.10 Å². The lowest BCUT2D eigenvalue weighted by molar-refractivity contribution is -0.114. The molecule has 1 amide bonds. The molecule has 6 heteroatoms. The average molecular weight is 382 g/mol. The Kier molecular flexibility index (Phi) is 5.19. The van der Waals surface area contributed by atoms with Crippen molar-refractivity contribution in [3.05, 3.63) is 71.8 Å². The second-order valence-corrected chi connectivity index (χ2v) is 8.60. The molecule has 3 rings (SSSR count). The highest BCUT2D eigenvalue weighted by molar-refractivity contribution is 7.92. The molecule has 5 nitrogen and oxygen atoms in total. The molecule has 0 spiro atoms. The van der Waals surface area contributed by atoms with Gasteiger partial charge in [-0.1, -0.05) is 42.5 Å². The number of benzene rings is 3. The van der Waals surface area contributed by atoms with Crippen LogP contribution in [0.2, 0.25) is 0 Å². The van der Waals surface area contributed by atoms with E-state index in [-0.39, 0.29) is 6.54 Å². The molecule has 0 bridgehead atoms.